The number of carbonyl (C=O) groups excluding carboxylic acids is 1. The fourth-order valence-corrected chi connectivity index (χ4v) is 1.45. The maximum Gasteiger partial charge on any atom is 0.310 e. The van der Waals surface area contributed by atoms with Gasteiger partial charge in [0.25, 0.3) is 0 Å². The Kier molecular flexibility index (Phi) is 4.16. The van der Waals surface area contributed by atoms with Crippen LogP contribution in [0.2, 0.25) is 0 Å². The molecule has 0 N–H and O–H groups in total. The average Bonchev–Trinajstić information content (AvgIpc) is 2.21. The van der Waals surface area contributed by atoms with Gasteiger partial charge in [-0.15, -0.1) is 0 Å². The van der Waals surface area contributed by atoms with E-state index in [1.165, 1.54) is 0 Å². The van der Waals surface area contributed by atoms with Crippen LogP contribution in [0, 0.1) is 6.92 Å². The second-order valence-electron chi connectivity index (χ2n) is 3.24. The van der Waals surface area contributed by atoms with Crippen molar-refractivity contribution in [2.24, 2.45) is 0 Å². The number of carbonyl (C=O) groups is 1. The van der Waals surface area contributed by atoms with Crippen molar-refractivity contribution in [3.05, 3.63) is 29.3 Å². The van der Waals surface area contributed by atoms with Gasteiger partial charge < -0.3 is 9.47 Å². The number of ether oxygens (including phenoxy) is 2. The monoisotopic (exact) mass is 208 g/mol. The molecule has 0 unspecified atom stereocenters. The summed E-state index contributed by atoms with van der Waals surface area (Å²) in [7, 11) is 1.60. The third-order valence-corrected chi connectivity index (χ3v) is 2.21. The molecule has 0 atom stereocenters. The Labute approximate surface area is 90.0 Å². The van der Waals surface area contributed by atoms with Gasteiger partial charge in [-0.1, -0.05) is 12.1 Å². The lowest BCUT2D eigenvalue weighted by molar-refractivity contribution is -0.142. The second kappa shape index (κ2) is 5.39. The van der Waals surface area contributed by atoms with E-state index in [2.05, 4.69) is 0 Å². The van der Waals surface area contributed by atoms with E-state index >= 15 is 0 Å². The number of hydrogen-bond acceptors (Lipinski definition) is 3. The Bertz CT molecular complexity index is 345. The number of aryl methyl sites for hydroxylation is 1. The summed E-state index contributed by atoms with van der Waals surface area (Å²) in [5.74, 6) is 0.521. The molecule has 0 aliphatic carbocycles. The van der Waals surface area contributed by atoms with Gasteiger partial charge in [0.05, 0.1) is 20.1 Å². The standard InChI is InChI=1S/C12H16O3/c1-4-15-12(13)8-10-9(2)6-5-7-11(10)14-3/h5-7H,4,8H2,1-3H3. The Balaban J connectivity index is 2.87. The third kappa shape index (κ3) is 2.98. The van der Waals surface area contributed by atoms with Gasteiger partial charge in [-0.2, -0.15) is 0 Å². The third-order valence-electron chi connectivity index (χ3n) is 2.21. The van der Waals surface area contributed by atoms with Crippen molar-refractivity contribution in [3.8, 4) is 5.75 Å². The van der Waals surface area contributed by atoms with Crippen LogP contribution in [-0.4, -0.2) is 19.7 Å². The zero-order valence-electron chi connectivity index (χ0n) is 9.37. The van der Waals surface area contributed by atoms with Crippen LogP contribution in [0.1, 0.15) is 18.1 Å². The van der Waals surface area contributed by atoms with E-state index in [0.717, 1.165) is 16.9 Å². The fraction of sp³-hybridized carbons (Fsp3) is 0.417. The lowest BCUT2D eigenvalue weighted by Crippen LogP contribution is -2.09. The highest BCUT2D eigenvalue weighted by Gasteiger charge is 2.11. The average molecular weight is 208 g/mol. The summed E-state index contributed by atoms with van der Waals surface area (Å²) in [6.07, 6.45) is 0.268. The minimum atomic E-state index is -0.218. The summed E-state index contributed by atoms with van der Waals surface area (Å²) >= 11 is 0. The summed E-state index contributed by atoms with van der Waals surface area (Å²) in [4.78, 5) is 11.4. The summed E-state index contributed by atoms with van der Waals surface area (Å²) < 4.78 is 10.1. The van der Waals surface area contributed by atoms with Crippen molar-refractivity contribution in [3.63, 3.8) is 0 Å². The lowest BCUT2D eigenvalue weighted by Gasteiger charge is -2.10. The van der Waals surface area contributed by atoms with Crippen molar-refractivity contribution in [1.82, 2.24) is 0 Å². The van der Waals surface area contributed by atoms with Crippen LogP contribution in [0.15, 0.2) is 18.2 Å². The summed E-state index contributed by atoms with van der Waals surface area (Å²) in [5.41, 5.74) is 1.95. The van der Waals surface area contributed by atoms with E-state index in [1.807, 2.05) is 25.1 Å². The molecule has 0 aliphatic heterocycles. The Morgan fingerprint density at radius 3 is 2.73 bits per heavy atom. The second-order valence-corrected chi connectivity index (χ2v) is 3.24. The highest BCUT2D eigenvalue weighted by atomic mass is 16.5. The van der Waals surface area contributed by atoms with Crippen LogP contribution in [-0.2, 0) is 16.0 Å². The Hall–Kier alpha value is -1.51. The van der Waals surface area contributed by atoms with Crippen molar-refractivity contribution >= 4 is 5.97 Å². The van der Waals surface area contributed by atoms with Crippen molar-refractivity contribution in [2.45, 2.75) is 20.3 Å². The first-order valence-corrected chi connectivity index (χ1v) is 4.97. The summed E-state index contributed by atoms with van der Waals surface area (Å²) in [6, 6.07) is 5.71. The molecular weight excluding hydrogens is 192 g/mol. The smallest absolute Gasteiger partial charge is 0.310 e. The Morgan fingerprint density at radius 2 is 2.13 bits per heavy atom. The maximum absolute atomic E-state index is 11.4. The number of benzene rings is 1. The van der Waals surface area contributed by atoms with Gasteiger partial charge >= 0.3 is 5.97 Å². The molecule has 0 saturated carbocycles. The number of methoxy groups -OCH3 is 1. The molecule has 0 heterocycles. The lowest BCUT2D eigenvalue weighted by atomic mass is 10.0. The quantitative estimate of drug-likeness (QED) is 0.711. The normalized spacial score (nSPS) is 9.80. The molecular formula is C12H16O3. The molecule has 0 bridgehead atoms. The van der Waals surface area contributed by atoms with E-state index in [9.17, 15) is 4.79 Å². The van der Waals surface area contributed by atoms with Crippen LogP contribution in [0.3, 0.4) is 0 Å². The van der Waals surface area contributed by atoms with Gasteiger partial charge in [0.2, 0.25) is 0 Å². The number of esters is 1. The highest BCUT2D eigenvalue weighted by Crippen LogP contribution is 2.22. The van der Waals surface area contributed by atoms with Crippen molar-refractivity contribution < 1.29 is 14.3 Å². The van der Waals surface area contributed by atoms with E-state index in [0.29, 0.717) is 6.61 Å². The van der Waals surface area contributed by atoms with E-state index in [-0.39, 0.29) is 12.4 Å². The molecule has 1 aromatic rings. The van der Waals surface area contributed by atoms with E-state index in [1.54, 1.807) is 14.0 Å². The number of hydrogen-bond donors (Lipinski definition) is 0. The van der Waals surface area contributed by atoms with Gasteiger partial charge in [-0.05, 0) is 25.5 Å². The van der Waals surface area contributed by atoms with Crippen LogP contribution in [0.25, 0.3) is 0 Å². The molecule has 1 rings (SSSR count). The molecule has 0 saturated heterocycles. The van der Waals surface area contributed by atoms with Gasteiger partial charge in [-0.25, -0.2) is 0 Å². The predicted molar refractivity (Wildman–Crippen MR) is 58.1 cm³/mol. The Morgan fingerprint density at radius 1 is 1.40 bits per heavy atom. The first kappa shape index (κ1) is 11.6. The summed E-state index contributed by atoms with van der Waals surface area (Å²) in [5, 5.41) is 0. The minimum Gasteiger partial charge on any atom is -0.496 e. The topological polar surface area (TPSA) is 35.5 Å². The highest BCUT2D eigenvalue weighted by molar-refractivity contribution is 5.74. The van der Waals surface area contributed by atoms with Crippen LogP contribution in [0.4, 0.5) is 0 Å². The van der Waals surface area contributed by atoms with Crippen molar-refractivity contribution in [1.29, 1.82) is 0 Å². The van der Waals surface area contributed by atoms with Crippen LogP contribution < -0.4 is 4.74 Å². The van der Waals surface area contributed by atoms with Gasteiger partial charge in [0.1, 0.15) is 5.75 Å². The molecule has 15 heavy (non-hydrogen) atoms. The molecule has 1 aromatic carbocycles. The predicted octanol–water partition coefficient (Wildman–Crippen LogP) is 2.11. The van der Waals surface area contributed by atoms with E-state index < -0.39 is 0 Å². The molecule has 0 aromatic heterocycles. The fourth-order valence-electron chi connectivity index (χ4n) is 1.45. The van der Waals surface area contributed by atoms with Gasteiger partial charge in [0, 0.05) is 5.56 Å². The zero-order valence-corrected chi connectivity index (χ0v) is 9.37. The first-order valence-electron chi connectivity index (χ1n) is 4.97. The van der Waals surface area contributed by atoms with Crippen LogP contribution >= 0.6 is 0 Å². The number of rotatable bonds is 4. The molecule has 0 fully saturated rings. The largest absolute Gasteiger partial charge is 0.496 e. The molecule has 3 heteroatoms. The van der Waals surface area contributed by atoms with Crippen molar-refractivity contribution in [2.75, 3.05) is 13.7 Å². The molecule has 82 valence electrons. The SMILES string of the molecule is CCOC(=O)Cc1c(C)cccc1OC. The summed E-state index contributed by atoms with van der Waals surface area (Å²) in [6.45, 7) is 4.16. The maximum atomic E-state index is 11.4. The minimum absolute atomic E-state index is 0.218. The molecule has 0 spiro atoms. The molecule has 0 amide bonds. The first-order chi connectivity index (χ1) is 7.19. The molecule has 0 aliphatic rings. The zero-order chi connectivity index (χ0) is 11.3. The molecule has 3 nitrogen and oxygen atoms in total. The molecule has 0 radical (unpaired) electrons. The van der Waals surface area contributed by atoms with Crippen LogP contribution in [0.5, 0.6) is 5.75 Å². The van der Waals surface area contributed by atoms with Gasteiger partial charge in [0.15, 0.2) is 0 Å². The van der Waals surface area contributed by atoms with Gasteiger partial charge in [-0.3, -0.25) is 4.79 Å². The van der Waals surface area contributed by atoms with E-state index in [4.69, 9.17) is 9.47 Å².